The Morgan fingerprint density at radius 3 is 3.00 bits per heavy atom. The second-order valence-corrected chi connectivity index (χ2v) is 5.83. The molecule has 0 aliphatic carbocycles. The highest BCUT2D eigenvalue weighted by atomic mass is 19.1. The molecule has 0 radical (unpaired) electrons. The van der Waals surface area contributed by atoms with E-state index in [1.165, 1.54) is 12.1 Å². The van der Waals surface area contributed by atoms with Crippen molar-refractivity contribution >= 4 is 5.91 Å². The number of nitrogens with one attached hydrogen (secondary N) is 1. The molecule has 0 unspecified atom stereocenters. The third kappa shape index (κ3) is 3.27. The monoisotopic (exact) mass is 317 g/mol. The predicted octanol–water partition coefficient (Wildman–Crippen LogP) is 2.31. The maximum atomic E-state index is 13.3. The summed E-state index contributed by atoms with van der Waals surface area (Å²) in [5, 5.41) is 7.17. The molecule has 0 bridgehead atoms. The van der Waals surface area contributed by atoms with Gasteiger partial charge in [-0.3, -0.25) is 9.89 Å². The molecule has 2 aromatic rings. The van der Waals surface area contributed by atoms with Gasteiger partial charge in [0.1, 0.15) is 5.82 Å². The van der Waals surface area contributed by atoms with Crippen LogP contribution >= 0.6 is 0 Å². The number of nitrogens with zero attached hydrogens (tertiary/aromatic N) is 2. The standard InChI is InChI=1S/C17H20FN3O2/c1-11-17(12(2)20-19-11)15-10-23-7-6-21(15)16(22)9-13-4-3-5-14(18)8-13/h3-5,8,15H,6-7,9-10H2,1-2H3,(H,19,20)/t15-/m1/s1. The van der Waals surface area contributed by atoms with Crippen molar-refractivity contribution in [1.82, 2.24) is 15.1 Å². The number of rotatable bonds is 3. The fraction of sp³-hybridized carbons (Fsp3) is 0.412. The van der Waals surface area contributed by atoms with Gasteiger partial charge in [-0.2, -0.15) is 5.10 Å². The zero-order chi connectivity index (χ0) is 16.4. The Kier molecular flexibility index (Phi) is 4.43. The van der Waals surface area contributed by atoms with Crippen molar-refractivity contribution < 1.29 is 13.9 Å². The van der Waals surface area contributed by atoms with Crippen LogP contribution in [0.3, 0.4) is 0 Å². The molecule has 1 aromatic carbocycles. The van der Waals surface area contributed by atoms with Crippen LogP contribution in [0.2, 0.25) is 0 Å². The number of carbonyl (C=O) groups is 1. The highest BCUT2D eigenvalue weighted by molar-refractivity contribution is 5.79. The van der Waals surface area contributed by atoms with Gasteiger partial charge in [-0.25, -0.2) is 4.39 Å². The number of halogens is 1. The van der Waals surface area contributed by atoms with Gasteiger partial charge < -0.3 is 9.64 Å². The second kappa shape index (κ2) is 6.50. The minimum atomic E-state index is -0.324. The summed E-state index contributed by atoms with van der Waals surface area (Å²) < 4.78 is 18.9. The van der Waals surface area contributed by atoms with Crippen LogP contribution in [0.15, 0.2) is 24.3 Å². The smallest absolute Gasteiger partial charge is 0.227 e. The third-order valence-electron chi connectivity index (χ3n) is 4.21. The minimum Gasteiger partial charge on any atom is -0.377 e. The summed E-state index contributed by atoms with van der Waals surface area (Å²) in [7, 11) is 0. The fourth-order valence-electron chi connectivity index (χ4n) is 3.11. The summed E-state index contributed by atoms with van der Waals surface area (Å²) in [6.07, 6.45) is 0.185. The van der Waals surface area contributed by atoms with Gasteiger partial charge in [-0.1, -0.05) is 12.1 Å². The van der Waals surface area contributed by atoms with Crippen LogP contribution < -0.4 is 0 Å². The molecular weight excluding hydrogens is 297 g/mol. The molecule has 2 heterocycles. The highest BCUT2D eigenvalue weighted by Gasteiger charge is 2.31. The third-order valence-corrected chi connectivity index (χ3v) is 4.21. The van der Waals surface area contributed by atoms with Gasteiger partial charge in [0.15, 0.2) is 0 Å². The number of ether oxygens (including phenoxy) is 1. The molecule has 5 nitrogen and oxygen atoms in total. The number of carbonyl (C=O) groups excluding carboxylic acids is 1. The van der Waals surface area contributed by atoms with E-state index >= 15 is 0 Å². The molecule has 1 atom stereocenters. The van der Waals surface area contributed by atoms with E-state index in [0.717, 1.165) is 17.0 Å². The average Bonchev–Trinajstić information content (AvgIpc) is 2.86. The quantitative estimate of drug-likeness (QED) is 0.945. The molecule has 1 aliphatic heterocycles. The first-order valence-electron chi connectivity index (χ1n) is 7.69. The summed E-state index contributed by atoms with van der Waals surface area (Å²) in [6, 6.07) is 6.03. The molecule has 6 heteroatoms. The van der Waals surface area contributed by atoms with Gasteiger partial charge in [0.25, 0.3) is 0 Å². The van der Waals surface area contributed by atoms with E-state index in [0.29, 0.717) is 25.3 Å². The highest BCUT2D eigenvalue weighted by Crippen LogP contribution is 2.28. The zero-order valence-electron chi connectivity index (χ0n) is 13.3. The number of aromatic amines is 1. The molecule has 0 spiro atoms. The number of aryl methyl sites for hydroxylation is 2. The summed E-state index contributed by atoms with van der Waals surface area (Å²) in [5.74, 6) is -0.348. The van der Waals surface area contributed by atoms with Crippen LogP contribution in [0, 0.1) is 19.7 Å². The number of morpholine rings is 1. The SMILES string of the molecule is Cc1n[nH]c(C)c1[C@H]1COCCN1C(=O)Cc1cccc(F)c1. The summed E-state index contributed by atoms with van der Waals surface area (Å²) in [5.41, 5.74) is 3.52. The lowest BCUT2D eigenvalue weighted by molar-refractivity contribution is -0.139. The van der Waals surface area contributed by atoms with Gasteiger partial charge in [-0.15, -0.1) is 0 Å². The van der Waals surface area contributed by atoms with Crippen LogP contribution in [-0.2, 0) is 16.0 Å². The number of aromatic nitrogens is 2. The summed E-state index contributed by atoms with van der Waals surface area (Å²) in [4.78, 5) is 14.5. The molecule has 3 rings (SSSR count). The molecule has 1 amide bonds. The Bertz CT molecular complexity index is 694. The summed E-state index contributed by atoms with van der Waals surface area (Å²) >= 11 is 0. The van der Waals surface area contributed by atoms with Gasteiger partial charge in [-0.05, 0) is 31.5 Å². The lowest BCUT2D eigenvalue weighted by atomic mass is 10.0. The zero-order valence-corrected chi connectivity index (χ0v) is 13.3. The van der Waals surface area contributed by atoms with E-state index in [9.17, 15) is 9.18 Å². The van der Waals surface area contributed by atoms with Gasteiger partial charge in [0.2, 0.25) is 5.91 Å². The first-order chi connectivity index (χ1) is 11.1. The molecule has 1 saturated heterocycles. The number of amides is 1. The van der Waals surface area contributed by atoms with Crippen molar-refractivity contribution in [2.45, 2.75) is 26.3 Å². The Morgan fingerprint density at radius 1 is 1.48 bits per heavy atom. The van der Waals surface area contributed by atoms with E-state index in [4.69, 9.17) is 4.74 Å². The molecule has 23 heavy (non-hydrogen) atoms. The second-order valence-electron chi connectivity index (χ2n) is 5.83. The molecule has 1 aliphatic rings. The largest absolute Gasteiger partial charge is 0.377 e. The van der Waals surface area contributed by atoms with Crippen molar-refractivity contribution in [2.75, 3.05) is 19.8 Å². The Balaban J connectivity index is 1.82. The number of hydrogen-bond donors (Lipinski definition) is 1. The normalized spacial score (nSPS) is 18.2. The van der Waals surface area contributed by atoms with Crippen LogP contribution in [0.4, 0.5) is 4.39 Å². The Labute approximate surface area is 134 Å². The number of H-pyrrole nitrogens is 1. The molecule has 1 aromatic heterocycles. The Hall–Kier alpha value is -2.21. The van der Waals surface area contributed by atoms with Crippen molar-refractivity contribution in [3.8, 4) is 0 Å². The molecular formula is C17H20FN3O2. The van der Waals surface area contributed by atoms with Crippen molar-refractivity contribution in [2.24, 2.45) is 0 Å². The first kappa shape index (κ1) is 15.7. The first-order valence-corrected chi connectivity index (χ1v) is 7.69. The van der Waals surface area contributed by atoms with Crippen LogP contribution in [0.5, 0.6) is 0 Å². The molecule has 0 saturated carbocycles. The van der Waals surface area contributed by atoms with Gasteiger partial charge in [0.05, 0.1) is 31.4 Å². The van der Waals surface area contributed by atoms with Gasteiger partial charge >= 0.3 is 0 Å². The lowest BCUT2D eigenvalue weighted by Crippen LogP contribution is -2.44. The maximum absolute atomic E-state index is 13.3. The average molecular weight is 317 g/mol. The molecule has 1 fully saturated rings. The van der Waals surface area contributed by atoms with Crippen LogP contribution in [0.25, 0.3) is 0 Å². The van der Waals surface area contributed by atoms with Crippen molar-refractivity contribution in [3.05, 3.63) is 52.6 Å². The predicted molar refractivity (Wildman–Crippen MR) is 83.4 cm³/mol. The van der Waals surface area contributed by atoms with E-state index in [-0.39, 0.29) is 24.2 Å². The number of benzene rings is 1. The van der Waals surface area contributed by atoms with E-state index < -0.39 is 0 Å². The fourth-order valence-corrected chi connectivity index (χ4v) is 3.11. The van der Waals surface area contributed by atoms with Crippen molar-refractivity contribution in [1.29, 1.82) is 0 Å². The van der Waals surface area contributed by atoms with E-state index in [1.54, 1.807) is 12.1 Å². The number of hydrogen-bond acceptors (Lipinski definition) is 3. The van der Waals surface area contributed by atoms with Crippen LogP contribution in [-0.4, -0.2) is 40.8 Å². The minimum absolute atomic E-state index is 0.0242. The molecule has 1 N–H and O–H groups in total. The van der Waals surface area contributed by atoms with Crippen LogP contribution in [0.1, 0.15) is 28.6 Å². The van der Waals surface area contributed by atoms with E-state index in [1.807, 2.05) is 18.7 Å². The Morgan fingerprint density at radius 2 is 2.30 bits per heavy atom. The summed E-state index contributed by atoms with van der Waals surface area (Å²) in [6.45, 7) is 5.36. The topological polar surface area (TPSA) is 58.2 Å². The lowest BCUT2D eigenvalue weighted by Gasteiger charge is -2.36. The molecule has 122 valence electrons. The van der Waals surface area contributed by atoms with Crippen molar-refractivity contribution in [3.63, 3.8) is 0 Å². The van der Waals surface area contributed by atoms with E-state index in [2.05, 4.69) is 10.2 Å². The van der Waals surface area contributed by atoms with Gasteiger partial charge in [0, 0.05) is 17.8 Å². The maximum Gasteiger partial charge on any atom is 0.227 e.